The molecule has 1 atom stereocenters. The maximum absolute atomic E-state index is 14.0. The number of hydrogen-bond acceptors (Lipinski definition) is 1. The molecule has 17 heavy (non-hydrogen) atoms. The molecule has 0 saturated heterocycles. The van der Waals surface area contributed by atoms with E-state index in [1.54, 1.807) is 0 Å². The molecule has 0 fully saturated rings. The molecule has 0 aliphatic carbocycles. The van der Waals surface area contributed by atoms with Crippen LogP contribution in [0.2, 0.25) is 13.1 Å². The molecule has 0 saturated carbocycles. The van der Waals surface area contributed by atoms with E-state index in [9.17, 15) is 4.39 Å². The molecule has 0 amide bonds. The van der Waals surface area contributed by atoms with E-state index in [0.717, 1.165) is 4.47 Å². The molecule has 0 spiro atoms. The Morgan fingerprint density at radius 3 is 2.29 bits per heavy atom. The molecular weight excluding hydrogens is 299 g/mol. The molecule has 4 heteroatoms. The fourth-order valence-corrected chi connectivity index (χ4v) is 3.16. The zero-order valence-corrected chi connectivity index (χ0v) is 13.8. The zero-order valence-electron chi connectivity index (χ0n) is 11.1. The molecule has 0 heterocycles. The van der Waals surface area contributed by atoms with Gasteiger partial charge < -0.3 is 4.43 Å². The monoisotopic (exact) mass is 318 g/mol. The summed E-state index contributed by atoms with van der Waals surface area (Å²) >= 11 is 3.27. The Kier molecular flexibility index (Phi) is 4.92. The van der Waals surface area contributed by atoms with Crippen molar-refractivity contribution in [1.82, 2.24) is 0 Å². The molecule has 0 N–H and O–H groups in total. The highest BCUT2D eigenvalue weighted by Gasteiger charge is 2.30. The fraction of sp³-hybridized carbons (Fsp3) is 0.538. The van der Waals surface area contributed by atoms with Crippen LogP contribution in [0.3, 0.4) is 0 Å². The first-order valence-electron chi connectivity index (χ1n) is 5.82. The minimum absolute atomic E-state index is 0.105. The second kappa shape index (κ2) is 5.63. The van der Waals surface area contributed by atoms with Gasteiger partial charge in [-0.3, -0.25) is 0 Å². The zero-order chi connectivity index (χ0) is 13.2. The molecule has 0 radical (unpaired) electrons. The molecule has 1 aromatic carbocycles. The highest BCUT2D eigenvalue weighted by molar-refractivity contribution is 9.10. The van der Waals surface area contributed by atoms with E-state index in [-0.39, 0.29) is 17.3 Å². The van der Waals surface area contributed by atoms with Gasteiger partial charge in [0.25, 0.3) is 0 Å². The van der Waals surface area contributed by atoms with Crippen molar-refractivity contribution in [2.75, 3.05) is 0 Å². The van der Waals surface area contributed by atoms with E-state index in [1.165, 1.54) is 6.07 Å². The third-order valence-electron chi connectivity index (χ3n) is 2.44. The highest BCUT2D eigenvalue weighted by atomic mass is 79.9. The van der Waals surface area contributed by atoms with Crippen molar-refractivity contribution in [3.63, 3.8) is 0 Å². The Hall–Kier alpha value is -0.193. The summed E-state index contributed by atoms with van der Waals surface area (Å²) in [5.41, 5.74) is 0.549. The normalized spacial score (nSPS) is 14.1. The molecule has 0 aromatic heterocycles. The Morgan fingerprint density at radius 1 is 1.29 bits per heavy atom. The molecular formula is C13H20BrFOSi. The Labute approximate surface area is 113 Å². The first-order chi connectivity index (χ1) is 7.71. The predicted molar refractivity (Wildman–Crippen MR) is 76.3 cm³/mol. The van der Waals surface area contributed by atoms with Gasteiger partial charge in [0.2, 0.25) is 0 Å². The van der Waals surface area contributed by atoms with Crippen LogP contribution in [0.5, 0.6) is 0 Å². The van der Waals surface area contributed by atoms with E-state index in [2.05, 4.69) is 49.8 Å². The lowest BCUT2D eigenvalue weighted by Gasteiger charge is -2.33. The first kappa shape index (κ1) is 14.9. The van der Waals surface area contributed by atoms with Crippen molar-refractivity contribution in [2.24, 2.45) is 5.41 Å². The van der Waals surface area contributed by atoms with Gasteiger partial charge in [0, 0.05) is 10.0 Å². The van der Waals surface area contributed by atoms with Crippen LogP contribution in [0.4, 0.5) is 4.39 Å². The summed E-state index contributed by atoms with van der Waals surface area (Å²) in [5.74, 6) is -0.200. The maximum Gasteiger partial charge on any atom is 0.171 e. The van der Waals surface area contributed by atoms with Gasteiger partial charge in [-0.15, -0.1) is 0 Å². The van der Waals surface area contributed by atoms with Crippen LogP contribution in [-0.2, 0) is 4.43 Å². The van der Waals surface area contributed by atoms with Gasteiger partial charge in [-0.1, -0.05) is 42.8 Å². The second-order valence-electron chi connectivity index (χ2n) is 5.60. The van der Waals surface area contributed by atoms with Crippen LogP contribution in [0.25, 0.3) is 0 Å². The van der Waals surface area contributed by atoms with E-state index < -0.39 is 9.04 Å². The predicted octanol–water partition coefficient (Wildman–Crippen LogP) is 4.68. The van der Waals surface area contributed by atoms with Crippen molar-refractivity contribution >= 4 is 25.0 Å². The van der Waals surface area contributed by atoms with E-state index in [1.807, 2.05) is 12.1 Å². The molecule has 1 rings (SSSR count). The number of hydrogen-bond donors (Lipinski definition) is 0. The summed E-state index contributed by atoms with van der Waals surface area (Å²) in [5, 5.41) is 0. The number of rotatable bonds is 3. The summed E-state index contributed by atoms with van der Waals surface area (Å²) in [4.78, 5) is 0. The van der Waals surface area contributed by atoms with Crippen LogP contribution >= 0.6 is 15.9 Å². The van der Waals surface area contributed by atoms with Gasteiger partial charge in [-0.25, -0.2) is 4.39 Å². The summed E-state index contributed by atoms with van der Waals surface area (Å²) < 4.78 is 20.7. The lowest BCUT2D eigenvalue weighted by Crippen LogP contribution is -2.26. The van der Waals surface area contributed by atoms with Gasteiger partial charge in [-0.05, 0) is 30.6 Å². The summed E-state index contributed by atoms with van der Waals surface area (Å²) in [6.45, 7) is 10.5. The lowest BCUT2D eigenvalue weighted by atomic mass is 9.84. The third-order valence-corrected chi connectivity index (χ3v) is 3.75. The van der Waals surface area contributed by atoms with Gasteiger partial charge in [0.05, 0.1) is 6.10 Å². The maximum atomic E-state index is 14.0. The number of halogens is 2. The van der Waals surface area contributed by atoms with Gasteiger partial charge in [0.1, 0.15) is 5.82 Å². The molecule has 1 nitrogen and oxygen atoms in total. The minimum Gasteiger partial charge on any atom is -0.413 e. The van der Waals surface area contributed by atoms with Crippen molar-refractivity contribution in [2.45, 2.75) is 40.0 Å². The topological polar surface area (TPSA) is 9.23 Å². The van der Waals surface area contributed by atoms with E-state index in [0.29, 0.717) is 5.56 Å². The van der Waals surface area contributed by atoms with Crippen LogP contribution < -0.4 is 0 Å². The summed E-state index contributed by atoms with van der Waals surface area (Å²) in [7, 11) is -1.21. The molecule has 0 aliphatic heterocycles. The quantitative estimate of drug-likeness (QED) is 0.735. The van der Waals surface area contributed by atoms with Crippen LogP contribution in [-0.4, -0.2) is 9.04 Å². The lowest BCUT2D eigenvalue weighted by molar-refractivity contribution is 0.0831. The fourth-order valence-electron chi connectivity index (χ4n) is 1.73. The van der Waals surface area contributed by atoms with Gasteiger partial charge in [-0.2, -0.15) is 0 Å². The summed E-state index contributed by atoms with van der Waals surface area (Å²) in [6, 6.07) is 5.17. The van der Waals surface area contributed by atoms with Crippen LogP contribution in [0.1, 0.15) is 32.4 Å². The van der Waals surface area contributed by atoms with Crippen molar-refractivity contribution < 1.29 is 8.82 Å². The highest BCUT2D eigenvalue weighted by Crippen LogP contribution is 2.38. The first-order valence-corrected chi connectivity index (χ1v) is 9.39. The van der Waals surface area contributed by atoms with Gasteiger partial charge in [0.15, 0.2) is 9.04 Å². The Morgan fingerprint density at radius 2 is 1.88 bits per heavy atom. The van der Waals surface area contributed by atoms with E-state index >= 15 is 0 Å². The third kappa shape index (κ3) is 4.19. The van der Waals surface area contributed by atoms with Crippen LogP contribution in [0.15, 0.2) is 22.7 Å². The second-order valence-corrected chi connectivity index (χ2v) is 8.88. The average Bonchev–Trinajstić information content (AvgIpc) is 2.13. The number of benzene rings is 1. The summed E-state index contributed by atoms with van der Waals surface area (Å²) in [6.07, 6.45) is -0.178. The van der Waals surface area contributed by atoms with E-state index in [4.69, 9.17) is 4.43 Å². The Balaban J connectivity index is 3.13. The smallest absolute Gasteiger partial charge is 0.171 e. The van der Waals surface area contributed by atoms with Crippen molar-refractivity contribution in [1.29, 1.82) is 0 Å². The molecule has 1 unspecified atom stereocenters. The molecule has 0 bridgehead atoms. The van der Waals surface area contributed by atoms with Crippen LogP contribution in [0, 0.1) is 11.2 Å². The minimum atomic E-state index is -1.21. The van der Waals surface area contributed by atoms with Crippen molar-refractivity contribution in [3.05, 3.63) is 34.1 Å². The molecule has 96 valence electrons. The standard InChI is InChI=1S/C13H20BrFOSi/c1-13(2,3)12(16-17(4)5)10-7-6-9(14)8-11(10)15/h6-8,12,17H,1-5H3. The average molecular weight is 319 g/mol. The SMILES string of the molecule is C[SiH](C)OC(c1ccc(Br)cc1F)C(C)(C)C. The largest absolute Gasteiger partial charge is 0.413 e. The molecule has 1 aromatic rings. The molecule has 0 aliphatic rings. The van der Waals surface area contributed by atoms with Gasteiger partial charge >= 0.3 is 0 Å². The Bertz CT molecular complexity index is 387. The van der Waals surface area contributed by atoms with Crippen molar-refractivity contribution in [3.8, 4) is 0 Å².